The van der Waals surface area contributed by atoms with Crippen LogP contribution in [0.4, 0.5) is 15.9 Å². The molecular formula is C21H23FN6OS. The number of aryl methyl sites for hydroxylation is 1. The maximum absolute atomic E-state index is 13.1. The minimum absolute atomic E-state index is 0.214. The Balaban J connectivity index is 1.31. The van der Waals surface area contributed by atoms with Crippen molar-refractivity contribution >= 4 is 28.7 Å². The zero-order valence-corrected chi connectivity index (χ0v) is 17.5. The summed E-state index contributed by atoms with van der Waals surface area (Å²) < 4.78 is 13.1. The summed E-state index contributed by atoms with van der Waals surface area (Å²) in [6.07, 6.45) is 3.48. The number of pyridine rings is 1. The van der Waals surface area contributed by atoms with Crippen LogP contribution in [0, 0.1) is 12.7 Å². The monoisotopic (exact) mass is 426 g/mol. The Bertz CT molecular complexity index is 997. The van der Waals surface area contributed by atoms with Crippen molar-refractivity contribution in [2.75, 3.05) is 36.0 Å². The number of hydrogen-bond donors (Lipinski definition) is 1. The van der Waals surface area contributed by atoms with E-state index in [0.29, 0.717) is 12.2 Å². The van der Waals surface area contributed by atoms with Gasteiger partial charge in [0.2, 0.25) is 0 Å². The third-order valence-corrected chi connectivity index (χ3v) is 5.76. The normalized spacial score (nSPS) is 14.8. The number of aromatic nitrogens is 2. The first kappa shape index (κ1) is 20.1. The van der Waals surface area contributed by atoms with Crippen LogP contribution < -0.4 is 15.5 Å². The highest BCUT2D eigenvalue weighted by Crippen LogP contribution is 2.20. The molecule has 30 heavy (non-hydrogen) atoms. The van der Waals surface area contributed by atoms with Gasteiger partial charge in [0.05, 0.1) is 9.88 Å². The second-order valence-corrected chi connectivity index (χ2v) is 8.27. The van der Waals surface area contributed by atoms with Crippen molar-refractivity contribution in [2.45, 2.75) is 13.5 Å². The van der Waals surface area contributed by atoms with Crippen molar-refractivity contribution < 1.29 is 9.23 Å². The molecule has 7 nitrogen and oxygen atoms in total. The standard InChI is InChI=1S/C21H23FN6OS/c1-15-24-13-19(30-15)14-29-26-21(23)16-2-7-20(25-12-16)28-10-8-27(9-11-28)18-5-3-17(22)4-6-18/h2-7,12-13H,8-11,14H2,1H3,(H2,23,26). The van der Waals surface area contributed by atoms with Gasteiger partial charge in [-0.15, -0.1) is 11.3 Å². The Labute approximate surface area is 178 Å². The van der Waals surface area contributed by atoms with Gasteiger partial charge in [0.15, 0.2) is 12.4 Å². The Kier molecular flexibility index (Phi) is 6.08. The van der Waals surface area contributed by atoms with Gasteiger partial charge in [0, 0.05) is 49.8 Å². The zero-order valence-electron chi connectivity index (χ0n) is 16.7. The minimum atomic E-state index is -0.214. The van der Waals surface area contributed by atoms with Gasteiger partial charge in [0.25, 0.3) is 0 Å². The number of amidine groups is 1. The molecule has 0 atom stereocenters. The summed E-state index contributed by atoms with van der Waals surface area (Å²) in [4.78, 5) is 19.5. The lowest BCUT2D eigenvalue weighted by molar-refractivity contribution is 0.132. The Hall–Kier alpha value is -3.20. The lowest BCUT2D eigenvalue weighted by Gasteiger charge is -2.36. The molecule has 1 aliphatic heterocycles. The van der Waals surface area contributed by atoms with Crippen LogP contribution in [0.25, 0.3) is 0 Å². The highest BCUT2D eigenvalue weighted by Gasteiger charge is 2.18. The highest BCUT2D eigenvalue weighted by atomic mass is 32.1. The number of oxime groups is 1. The number of rotatable bonds is 6. The maximum atomic E-state index is 13.1. The van der Waals surface area contributed by atoms with Crippen molar-refractivity contribution in [1.29, 1.82) is 0 Å². The summed E-state index contributed by atoms with van der Waals surface area (Å²) >= 11 is 1.57. The van der Waals surface area contributed by atoms with Crippen LogP contribution >= 0.6 is 11.3 Å². The predicted molar refractivity (Wildman–Crippen MR) is 117 cm³/mol. The minimum Gasteiger partial charge on any atom is -0.388 e. The lowest BCUT2D eigenvalue weighted by Crippen LogP contribution is -2.46. The second kappa shape index (κ2) is 9.08. The number of nitrogens with two attached hydrogens (primary N) is 1. The highest BCUT2D eigenvalue weighted by molar-refractivity contribution is 7.11. The number of hydrogen-bond acceptors (Lipinski definition) is 7. The fourth-order valence-corrected chi connectivity index (χ4v) is 3.96. The van der Waals surface area contributed by atoms with Gasteiger partial charge >= 0.3 is 0 Å². The van der Waals surface area contributed by atoms with Crippen LogP contribution in [0.5, 0.6) is 0 Å². The molecule has 0 radical (unpaired) electrons. The molecule has 9 heteroatoms. The smallest absolute Gasteiger partial charge is 0.171 e. The SMILES string of the molecule is Cc1ncc(CO/N=C(\N)c2ccc(N3CCN(c4ccc(F)cc4)CC3)nc2)s1. The summed E-state index contributed by atoms with van der Waals surface area (Å²) in [5.41, 5.74) is 7.76. The van der Waals surface area contributed by atoms with Crippen molar-refractivity contribution in [1.82, 2.24) is 9.97 Å². The molecule has 3 heterocycles. The molecule has 156 valence electrons. The average Bonchev–Trinajstić information content (AvgIpc) is 3.19. The lowest BCUT2D eigenvalue weighted by atomic mass is 10.2. The molecule has 2 aromatic heterocycles. The van der Waals surface area contributed by atoms with Crippen molar-refractivity contribution in [3.63, 3.8) is 0 Å². The van der Waals surface area contributed by atoms with Gasteiger partial charge in [0.1, 0.15) is 11.6 Å². The molecule has 0 saturated carbocycles. The second-order valence-electron chi connectivity index (χ2n) is 6.95. The zero-order chi connectivity index (χ0) is 20.9. The van der Waals surface area contributed by atoms with Crippen molar-refractivity contribution in [3.8, 4) is 0 Å². The molecule has 1 fully saturated rings. The number of piperazine rings is 1. The van der Waals surface area contributed by atoms with Gasteiger partial charge in [-0.1, -0.05) is 5.16 Å². The molecule has 0 unspecified atom stereocenters. The van der Waals surface area contributed by atoms with Gasteiger partial charge in [-0.25, -0.2) is 14.4 Å². The van der Waals surface area contributed by atoms with E-state index in [9.17, 15) is 4.39 Å². The average molecular weight is 427 g/mol. The molecule has 0 bridgehead atoms. The van der Waals surface area contributed by atoms with E-state index in [1.165, 1.54) is 12.1 Å². The fourth-order valence-electron chi connectivity index (χ4n) is 3.26. The third-order valence-electron chi connectivity index (χ3n) is 4.88. The van der Waals surface area contributed by atoms with Crippen LogP contribution in [-0.2, 0) is 11.4 Å². The van der Waals surface area contributed by atoms with E-state index in [-0.39, 0.29) is 11.7 Å². The number of benzene rings is 1. The topological polar surface area (TPSA) is 79.9 Å². The number of halogens is 1. The summed E-state index contributed by atoms with van der Waals surface area (Å²) in [5.74, 6) is 0.969. The van der Waals surface area contributed by atoms with Gasteiger partial charge in [-0.05, 0) is 43.3 Å². The quantitative estimate of drug-likeness (QED) is 0.371. The van der Waals surface area contributed by atoms with E-state index in [0.717, 1.165) is 47.6 Å². The van der Waals surface area contributed by atoms with Crippen molar-refractivity contribution in [3.05, 3.63) is 70.1 Å². The molecule has 1 saturated heterocycles. The number of thiazole rings is 1. The van der Waals surface area contributed by atoms with E-state index >= 15 is 0 Å². The van der Waals surface area contributed by atoms with Gasteiger partial charge in [-0.3, -0.25) is 0 Å². The first-order valence-electron chi connectivity index (χ1n) is 9.67. The predicted octanol–water partition coefficient (Wildman–Crippen LogP) is 3.15. The Morgan fingerprint density at radius 2 is 1.80 bits per heavy atom. The number of anilines is 2. The van der Waals surface area contributed by atoms with Gasteiger partial charge < -0.3 is 20.4 Å². The molecule has 0 amide bonds. The Morgan fingerprint density at radius 3 is 2.43 bits per heavy atom. The van der Waals surface area contributed by atoms with Crippen LogP contribution in [0.3, 0.4) is 0 Å². The van der Waals surface area contributed by atoms with Crippen LogP contribution in [-0.4, -0.2) is 42.0 Å². The van der Waals surface area contributed by atoms with Crippen LogP contribution in [0.15, 0.2) is 53.9 Å². The molecule has 3 aromatic rings. The van der Waals surface area contributed by atoms with E-state index in [2.05, 4.69) is 24.9 Å². The van der Waals surface area contributed by atoms with E-state index in [1.807, 2.05) is 31.2 Å². The molecule has 4 rings (SSSR count). The molecule has 1 aliphatic rings. The van der Waals surface area contributed by atoms with E-state index < -0.39 is 0 Å². The summed E-state index contributed by atoms with van der Waals surface area (Å²) in [7, 11) is 0. The van der Waals surface area contributed by atoms with Gasteiger partial charge in [-0.2, -0.15) is 0 Å². The molecule has 2 N–H and O–H groups in total. The third kappa shape index (κ3) is 4.85. The van der Waals surface area contributed by atoms with Crippen LogP contribution in [0.1, 0.15) is 15.4 Å². The number of nitrogens with zero attached hydrogens (tertiary/aromatic N) is 5. The molecule has 0 aliphatic carbocycles. The van der Waals surface area contributed by atoms with Crippen LogP contribution in [0.2, 0.25) is 0 Å². The van der Waals surface area contributed by atoms with E-state index in [4.69, 9.17) is 10.6 Å². The fraction of sp³-hybridized carbons (Fsp3) is 0.286. The first-order valence-corrected chi connectivity index (χ1v) is 10.5. The summed E-state index contributed by atoms with van der Waals surface area (Å²) in [6, 6.07) is 10.5. The Morgan fingerprint density at radius 1 is 1.07 bits per heavy atom. The largest absolute Gasteiger partial charge is 0.388 e. The summed E-state index contributed by atoms with van der Waals surface area (Å²) in [5, 5.41) is 4.97. The first-order chi connectivity index (χ1) is 14.6. The molecule has 0 spiro atoms. The van der Waals surface area contributed by atoms with E-state index in [1.54, 1.807) is 23.7 Å². The maximum Gasteiger partial charge on any atom is 0.171 e. The molecule has 1 aromatic carbocycles. The molecular weight excluding hydrogens is 403 g/mol. The van der Waals surface area contributed by atoms with Crippen molar-refractivity contribution in [2.24, 2.45) is 10.9 Å². The summed E-state index contributed by atoms with van der Waals surface area (Å²) in [6.45, 7) is 5.67.